The Balaban J connectivity index is 2.25. The van der Waals surface area contributed by atoms with Crippen LogP contribution in [0.15, 0.2) is 29.0 Å². The molecule has 0 fully saturated rings. The summed E-state index contributed by atoms with van der Waals surface area (Å²) in [5.41, 5.74) is 0.577. The fourth-order valence-electron chi connectivity index (χ4n) is 1.40. The van der Waals surface area contributed by atoms with Gasteiger partial charge in [0.05, 0.1) is 28.1 Å². The molecule has 5 nitrogen and oxygen atoms in total. The quantitative estimate of drug-likeness (QED) is 0.800. The van der Waals surface area contributed by atoms with Crippen LogP contribution in [0.5, 0.6) is 0 Å². The molecule has 0 aliphatic heterocycles. The molecule has 0 aliphatic rings. The van der Waals surface area contributed by atoms with Gasteiger partial charge in [-0.15, -0.1) is 0 Å². The monoisotopic (exact) mass is 374 g/mol. The van der Waals surface area contributed by atoms with Gasteiger partial charge < -0.3 is 10.6 Å². The first-order valence-electron chi connectivity index (χ1n) is 5.47. The first-order chi connectivity index (χ1) is 9.52. The molecule has 104 valence electrons. The largest absolute Gasteiger partial charge is 0.372 e. The van der Waals surface area contributed by atoms with Crippen molar-refractivity contribution in [3.63, 3.8) is 0 Å². The third-order valence-corrected chi connectivity index (χ3v) is 4.18. The zero-order chi connectivity index (χ0) is 14.7. The minimum absolute atomic E-state index is 0.173. The lowest BCUT2D eigenvalue weighted by molar-refractivity contribution is 0.102. The van der Waals surface area contributed by atoms with Crippen molar-refractivity contribution in [3.05, 3.63) is 44.7 Å². The average molecular weight is 376 g/mol. The maximum absolute atomic E-state index is 12.1. The predicted octanol–water partition coefficient (Wildman–Crippen LogP) is 3.84. The van der Waals surface area contributed by atoms with Crippen molar-refractivity contribution < 1.29 is 4.79 Å². The van der Waals surface area contributed by atoms with E-state index in [1.54, 1.807) is 19.2 Å². The highest BCUT2D eigenvalue weighted by Gasteiger charge is 2.14. The van der Waals surface area contributed by atoms with Gasteiger partial charge in [0.2, 0.25) is 0 Å². The van der Waals surface area contributed by atoms with Crippen molar-refractivity contribution in [3.8, 4) is 0 Å². The van der Waals surface area contributed by atoms with Gasteiger partial charge in [0.1, 0.15) is 11.5 Å². The summed E-state index contributed by atoms with van der Waals surface area (Å²) in [5.74, 6) is 0.0764. The van der Waals surface area contributed by atoms with Crippen molar-refractivity contribution in [1.82, 2.24) is 9.97 Å². The highest BCUT2D eigenvalue weighted by Crippen LogP contribution is 2.35. The fraction of sp³-hybridized carbons (Fsp3) is 0.0833. The second-order valence-corrected chi connectivity index (χ2v) is 5.33. The zero-order valence-electron chi connectivity index (χ0n) is 10.2. The Morgan fingerprint density at radius 2 is 2.00 bits per heavy atom. The van der Waals surface area contributed by atoms with Crippen LogP contribution in [-0.4, -0.2) is 22.9 Å². The molecular weight excluding hydrogens is 367 g/mol. The number of anilines is 2. The molecule has 1 amide bonds. The van der Waals surface area contributed by atoms with E-state index in [4.69, 9.17) is 23.2 Å². The highest BCUT2D eigenvalue weighted by molar-refractivity contribution is 9.10. The molecule has 20 heavy (non-hydrogen) atoms. The fourth-order valence-corrected chi connectivity index (χ4v) is 2.23. The number of carbonyl (C=O) groups is 1. The van der Waals surface area contributed by atoms with E-state index >= 15 is 0 Å². The number of halogens is 3. The SMILES string of the molecule is CNc1cncc(C(=O)Nc2ccc(Br)c(Cl)c2Cl)n1. The number of carbonyl (C=O) groups excluding carboxylic acids is 1. The van der Waals surface area contributed by atoms with Crippen molar-refractivity contribution in [2.75, 3.05) is 17.7 Å². The Labute approximate surface area is 133 Å². The summed E-state index contributed by atoms with van der Waals surface area (Å²) in [5, 5.41) is 6.04. The predicted molar refractivity (Wildman–Crippen MR) is 83.7 cm³/mol. The molecular formula is C12H9BrCl2N4O. The van der Waals surface area contributed by atoms with Crippen molar-refractivity contribution in [1.29, 1.82) is 0 Å². The number of aromatic nitrogens is 2. The van der Waals surface area contributed by atoms with Gasteiger partial charge >= 0.3 is 0 Å². The molecule has 2 aromatic rings. The van der Waals surface area contributed by atoms with Crippen molar-refractivity contribution in [2.45, 2.75) is 0 Å². The average Bonchev–Trinajstić information content (AvgIpc) is 2.48. The van der Waals surface area contributed by atoms with Crippen LogP contribution < -0.4 is 10.6 Å². The summed E-state index contributed by atoms with van der Waals surface area (Å²) < 4.78 is 0.652. The number of hydrogen-bond donors (Lipinski definition) is 2. The third kappa shape index (κ3) is 3.20. The molecule has 0 unspecified atom stereocenters. The van der Waals surface area contributed by atoms with Crippen LogP contribution in [0.25, 0.3) is 0 Å². The first kappa shape index (κ1) is 15.0. The number of nitrogens with zero attached hydrogens (tertiary/aromatic N) is 2. The Morgan fingerprint density at radius 3 is 2.70 bits per heavy atom. The second-order valence-electron chi connectivity index (χ2n) is 3.72. The van der Waals surface area contributed by atoms with Gasteiger partial charge in [0.25, 0.3) is 5.91 Å². The molecule has 8 heteroatoms. The molecule has 2 N–H and O–H groups in total. The summed E-state index contributed by atoms with van der Waals surface area (Å²) in [7, 11) is 1.69. The summed E-state index contributed by atoms with van der Waals surface area (Å²) in [6.07, 6.45) is 2.88. The zero-order valence-corrected chi connectivity index (χ0v) is 13.3. The first-order valence-corrected chi connectivity index (χ1v) is 7.02. The van der Waals surface area contributed by atoms with Crippen LogP contribution in [0.3, 0.4) is 0 Å². The van der Waals surface area contributed by atoms with E-state index in [2.05, 4.69) is 36.5 Å². The van der Waals surface area contributed by atoms with Gasteiger partial charge in [-0.2, -0.15) is 0 Å². The van der Waals surface area contributed by atoms with Crippen molar-refractivity contribution in [2.24, 2.45) is 0 Å². The number of nitrogens with one attached hydrogen (secondary N) is 2. The van der Waals surface area contributed by atoms with Gasteiger partial charge in [-0.3, -0.25) is 9.78 Å². The molecule has 0 bridgehead atoms. The summed E-state index contributed by atoms with van der Waals surface area (Å²) in [4.78, 5) is 20.1. The van der Waals surface area contributed by atoms with E-state index in [0.29, 0.717) is 21.0 Å². The minimum Gasteiger partial charge on any atom is -0.372 e. The standard InChI is InChI=1S/C12H9BrCl2N4O/c1-16-9-5-17-4-8(18-9)12(20)19-7-3-2-6(13)10(14)11(7)15/h2-5H,1H3,(H,16,18)(H,19,20). The van der Waals surface area contributed by atoms with E-state index in [9.17, 15) is 4.79 Å². The normalized spacial score (nSPS) is 10.2. The number of rotatable bonds is 3. The van der Waals surface area contributed by atoms with Crippen LogP contribution in [0.2, 0.25) is 10.0 Å². The summed E-state index contributed by atoms with van der Waals surface area (Å²) in [6.45, 7) is 0. The van der Waals surface area contributed by atoms with Crippen LogP contribution in [-0.2, 0) is 0 Å². The lowest BCUT2D eigenvalue weighted by Gasteiger charge is -2.09. The van der Waals surface area contributed by atoms with E-state index < -0.39 is 5.91 Å². The van der Waals surface area contributed by atoms with Gasteiger partial charge in [-0.1, -0.05) is 23.2 Å². The highest BCUT2D eigenvalue weighted by atomic mass is 79.9. The van der Waals surface area contributed by atoms with Crippen LogP contribution in [0.1, 0.15) is 10.5 Å². The van der Waals surface area contributed by atoms with Crippen LogP contribution in [0, 0.1) is 0 Å². The maximum atomic E-state index is 12.1. The molecule has 2 rings (SSSR count). The van der Waals surface area contributed by atoms with E-state index in [0.717, 1.165) is 0 Å². The van der Waals surface area contributed by atoms with Crippen LogP contribution in [0.4, 0.5) is 11.5 Å². The van der Waals surface area contributed by atoms with Gasteiger partial charge in [0, 0.05) is 11.5 Å². The Hall–Kier alpha value is -1.37. The Kier molecular flexibility index (Phi) is 4.80. The smallest absolute Gasteiger partial charge is 0.275 e. The molecule has 0 atom stereocenters. The van der Waals surface area contributed by atoms with E-state index in [1.807, 2.05) is 0 Å². The maximum Gasteiger partial charge on any atom is 0.275 e. The Morgan fingerprint density at radius 1 is 1.25 bits per heavy atom. The lowest BCUT2D eigenvalue weighted by Crippen LogP contribution is -2.15. The van der Waals surface area contributed by atoms with Gasteiger partial charge in [-0.25, -0.2) is 4.98 Å². The van der Waals surface area contributed by atoms with E-state index in [-0.39, 0.29) is 10.7 Å². The number of benzene rings is 1. The molecule has 0 aliphatic carbocycles. The summed E-state index contributed by atoms with van der Waals surface area (Å²) in [6, 6.07) is 3.34. The lowest BCUT2D eigenvalue weighted by atomic mass is 10.3. The topological polar surface area (TPSA) is 66.9 Å². The molecule has 1 heterocycles. The van der Waals surface area contributed by atoms with Gasteiger partial charge in [0.15, 0.2) is 0 Å². The molecule has 0 radical (unpaired) electrons. The third-order valence-electron chi connectivity index (χ3n) is 2.41. The van der Waals surface area contributed by atoms with Gasteiger partial charge in [-0.05, 0) is 28.1 Å². The molecule has 0 spiro atoms. The minimum atomic E-state index is -0.421. The molecule has 1 aromatic heterocycles. The molecule has 1 aromatic carbocycles. The van der Waals surface area contributed by atoms with Crippen molar-refractivity contribution >= 4 is 56.5 Å². The van der Waals surface area contributed by atoms with Crippen LogP contribution >= 0.6 is 39.1 Å². The summed E-state index contributed by atoms with van der Waals surface area (Å²) >= 11 is 15.3. The second kappa shape index (κ2) is 6.39. The Bertz CT molecular complexity index is 666. The van der Waals surface area contributed by atoms with E-state index in [1.165, 1.54) is 12.4 Å². The number of amides is 1. The molecule has 0 saturated heterocycles. The molecule has 0 saturated carbocycles. The number of hydrogen-bond acceptors (Lipinski definition) is 4.